The number of hydrogen-bond acceptors (Lipinski definition) is 4. The van der Waals surface area contributed by atoms with Crippen LogP contribution in [0.15, 0.2) is 36.7 Å². The quantitative estimate of drug-likeness (QED) is 0.576. The minimum absolute atomic E-state index is 0.355. The molecule has 2 rings (SSSR count). The Bertz CT molecular complexity index is 713. The van der Waals surface area contributed by atoms with Crippen LogP contribution in [0.3, 0.4) is 0 Å². The topological polar surface area (TPSA) is 73.2 Å². The van der Waals surface area contributed by atoms with Crippen molar-refractivity contribution in [3.63, 3.8) is 0 Å². The Morgan fingerprint density at radius 3 is 2.64 bits per heavy atom. The normalized spacial score (nSPS) is 11.8. The predicted molar refractivity (Wildman–Crippen MR) is 96.0 cm³/mol. The van der Waals surface area contributed by atoms with Gasteiger partial charge >= 0.3 is 5.97 Å². The van der Waals surface area contributed by atoms with Crippen LogP contribution in [0, 0.1) is 0 Å². The molecule has 25 heavy (non-hydrogen) atoms. The van der Waals surface area contributed by atoms with Crippen LogP contribution in [0.2, 0.25) is 5.02 Å². The average Bonchev–Trinajstić information content (AvgIpc) is 3.11. The molecular weight excluding hydrogens is 342 g/mol. The van der Waals surface area contributed by atoms with Crippen LogP contribution in [-0.4, -0.2) is 34.8 Å². The van der Waals surface area contributed by atoms with Crippen LogP contribution in [-0.2, 0) is 9.53 Å². The molecule has 1 amide bonds. The second-order valence-corrected chi connectivity index (χ2v) is 6.13. The number of carbonyl (C=O) groups is 2. The minimum atomic E-state index is -0.650. The molecule has 0 aliphatic carbocycles. The van der Waals surface area contributed by atoms with Crippen LogP contribution in [0.25, 0.3) is 5.69 Å². The van der Waals surface area contributed by atoms with E-state index in [-0.39, 0.29) is 5.91 Å². The molecule has 0 spiro atoms. The number of hydrogen-bond donors (Lipinski definition) is 1. The van der Waals surface area contributed by atoms with Gasteiger partial charge in [-0.1, -0.05) is 37.8 Å². The summed E-state index contributed by atoms with van der Waals surface area (Å²) >= 11 is 5.87. The van der Waals surface area contributed by atoms with Gasteiger partial charge in [0.2, 0.25) is 0 Å². The van der Waals surface area contributed by atoms with Crippen LogP contribution < -0.4 is 5.32 Å². The summed E-state index contributed by atoms with van der Waals surface area (Å²) in [6.45, 7) is 2.08. The molecule has 6 nitrogen and oxygen atoms in total. The van der Waals surface area contributed by atoms with E-state index < -0.39 is 12.0 Å². The molecule has 1 atom stereocenters. The van der Waals surface area contributed by atoms with Crippen LogP contribution in [0.5, 0.6) is 0 Å². The third-order valence-corrected chi connectivity index (χ3v) is 4.08. The van der Waals surface area contributed by atoms with E-state index in [9.17, 15) is 9.59 Å². The maximum atomic E-state index is 12.4. The molecule has 0 aliphatic rings. The highest BCUT2D eigenvalue weighted by atomic mass is 35.5. The predicted octanol–water partition coefficient (Wildman–Crippen LogP) is 3.38. The van der Waals surface area contributed by atoms with Gasteiger partial charge in [0.15, 0.2) is 0 Å². The fourth-order valence-corrected chi connectivity index (χ4v) is 2.53. The van der Waals surface area contributed by atoms with Gasteiger partial charge in [0.05, 0.1) is 24.6 Å². The fraction of sp³-hybridized carbons (Fsp3) is 0.389. The number of aromatic nitrogens is 2. The van der Waals surface area contributed by atoms with Crippen molar-refractivity contribution in [3.05, 3.63) is 47.2 Å². The van der Waals surface area contributed by atoms with Crippen molar-refractivity contribution in [1.82, 2.24) is 15.1 Å². The molecular formula is C18H22ClN3O3. The van der Waals surface area contributed by atoms with Crippen molar-refractivity contribution in [2.45, 2.75) is 38.6 Å². The van der Waals surface area contributed by atoms with Crippen LogP contribution >= 0.6 is 11.6 Å². The molecule has 1 aromatic carbocycles. The zero-order valence-electron chi connectivity index (χ0n) is 14.4. The first kappa shape index (κ1) is 19.0. The number of esters is 1. The number of amides is 1. The second kappa shape index (κ2) is 9.22. The lowest BCUT2D eigenvalue weighted by molar-refractivity contribution is -0.143. The van der Waals surface area contributed by atoms with Gasteiger partial charge in [-0.2, -0.15) is 5.10 Å². The maximum Gasteiger partial charge on any atom is 0.328 e. The number of carbonyl (C=O) groups excluding carboxylic acids is 2. The lowest BCUT2D eigenvalue weighted by Gasteiger charge is -2.15. The highest BCUT2D eigenvalue weighted by Crippen LogP contribution is 2.14. The number of nitrogens with zero attached hydrogens (tertiary/aromatic N) is 2. The number of halogens is 1. The summed E-state index contributed by atoms with van der Waals surface area (Å²) in [4.78, 5) is 24.3. The maximum absolute atomic E-state index is 12.4. The van der Waals surface area contributed by atoms with Crippen LogP contribution in [0.1, 0.15) is 43.0 Å². The number of nitrogens with one attached hydrogen (secondary N) is 1. The van der Waals surface area contributed by atoms with Crippen molar-refractivity contribution in [2.75, 3.05) is 7.11 Å². The van der Waals surface area contributed by atoms with E-state index >= 15 is 0 Å². The molecule has 0 saturated heterocycles. The lowest BCUT2D eigenvalue weighted by atomic mass is 10.1. The molecule has 134 valence electrons. The molecule has 0 fully saturated rings. The first-order valence-corrected chi connectivity index (χ1v) is 8.62. The summed E-state index contributed by atoms with van der Waals surface area (Å²) < 4.78 is 6.36. The van der Waals surface area contributed by atoms with E-state index in [4.69, 9.17) is 16.3 Å². The SMILES string of the molecule is CCCCC[C@@H](NC(=O)c1cnn(-c2ccc(Cl)cc2)c1)C(=O)OC. The first-order valence-electron chi connectivity index (χ1n) is 8.24. The van der Waals surface area contributed by atoms with Crippen molar-refractivity contribution < 1.29 is 14.3 Å². The summed E-state index contributed by atoms with van der Waals surface area (Å²) in [5.41, 5.74) is 1.16. The summed E-state index contributed by atoms with van der Waals surface area (Å²) in [5.74, 6) is -0.790. The molecule has 0 bridgehead atoms. The summed E-state index contributed by atoms with van der Waals surface area (Å²) in [6.07, 6.45) is 6.51. The van der Waals surface area contributed by atoms with Gasteiger partial charge in [-0.25, -0.2) is 9.48 Å². The van der Waals surface area contributed by atoms with Gasteiger partial charge in [0.1, 0.15) is 6.04 Å². The third kappa shape index (κ3) is 5.32. The molecule has 1 N–H and O–H groups in total. The number of unbranched alkanes of at least 4 members (excludes halogenated alkanes) is 2. The number of methoxy groups -OCH3 is 1. The summed E-state index contributed by atoms with van der Waals surface area (Å²) in [5, 5.41) is 7.54. The average molecular weight is 364 g/mol. The summed E-state index contributed by atoms with van der Waals surface area (Å²) in [7, 11) is 1.32. The van der Waals surface area contributed by atoms with Gasteiger partial charge in [0, 0.05) is 11.2 Å². The Morgan fingerprint density at radius 1 is 1.28 bits per heavy atom. The molecule has 2 aromatic rings. The molecule has 1 aromatic heterocycles. The van der Waals surface area contributed by atoms with Crippen molar-refractivity contribution in [3.8, 4) is 5.69 Å². The lowest BCUT2D eigenvalue weighted by Crippen LogP contribution is -2.41. The van der Waals surface area contributed by atoms with Crippen molar-refractivity contribution in [2.24, 2.45) is 0 Å². The van der Waals surface area contributed by atoms with Crippen molar-refractivity contribution in [1.29, 1.82) is 0 Å². The van der Waals surface area contributed by atoms with Gasteiger partial charge in [-0.3, -0.25) is 4.79 Å². The molecule has 1 heterocycles. The Morgan fingerprint density at radius 2 is 2.00 bits per heavy atom. The number of rotatable bonds is 8. The zero-order chi connectivity index (χ0) is 18.2. The smallest absolute Gasteiger partial charge is 0.328 e. The standard InChI is InChI=1S/C18H22ClN3O3/c1-3-4-5-6-16(18(24)25-2)21-17(23)13-11-20-22(12-13)15-9-7-14(19)8-10-15/h7-12,16H,3-6H2,1-2H3,(H,21,23)/t16-/m1/s1. The van der Waals surface area contributed by atoms with E-state index in [1.54, 1.807) is 35.1 Å². The summed E-state index contributed by atoms with van der Waals surface area (Å²) in [6, 6.07) is 6.46. The number of ether oxygens (including phenoxy) is 1. The fourth-order valence-electron chi connectivity index (χ4n) is 2.41. The second-order valence-electron chi connectivity index (χ2n) is 5.69. The van der Waals surface area contributed by atoms with Gasteiger partial charge in [0.25, 0.3) is 5.91 Å². The highest BCUT2D eigenvalue weighted by Gasteiger charge is 2.22. The monoisotopic (exact) mass is 363 g/mol. The molecule has 7 heteroatoms. The molecule has 0 radical (unpaired) electrons. The Balaban J connectivity index is 2.05. The largest absolute Gasteiger partial charge is 0.467 e. The zero-order valence-corrected chi connectivity index (χ0v) is 15.1. The van der Waals surface area contributed by atoms with E-state index in [1.165, 1.54) is 13.3 Å². The Kier molecular flexibility index (Phi) is 7.01. The Labute approximate surface area is 152 Å². The minimum Gasteiger partial charge on any atom is -0.467 e. The molecule has 0 unspecified atom stereocenters. The van der Waals surface area contributed by atoms with Gasteiger partial charge in [-0.05, 0) is 30.7 Å². The third-order valence-electron chi connectivity index (χ3n) is 3.82. The van der Waals surface area contributed by atoms with E-state index in [2.05, 4.69) is 17.3 Å². The number of benzene rings is 1. The Hall–Kier alpha value is -2.34. The van der Waals surface area contributed by atoms with Crippen molar-refractivity contribution >= 4 is 23.5 Å². The molecule has 0 saturated carbocycles. The first-order chi connectivity index (χ1) is 12.0. The van der Waals surface area contributed by atoms with Crippen LogP contribution in [0.4, 0.5) is 0 Å². The van der Waals surface area contributed by atoms with Gasteiger partial charge < -0.3 is 10.1 Å². The highest BCUT2D eigenvalue weighted by molar-refractivity contribution is 6.30. The van der Waals surface area contributed by atoms with E-state index in [1.807, 2.05) is 0 Å². The van der Waals surface area contributed by atoms with Gasteiger partial charge in [-0.15, -0.1) is 0 Å². The van der Waals surface area contributed by atoms with E-state index in [0.717, 1.165) is 24.9 Å². The van der Waals surface area contributed by atoms with E-state index in [0.29, 0.717) is 17.0 Å². The molecule has 0 aliphatic heterocycles.